The summed E-state index contributed by atoms with van der Waals surface area (Å²) in [6, 6.07) is 0.614. The lowest BCUT2D eigenvalue weighted by Gasteiger charge is -2.37. The molecule has 1 aromatic rings. The van der Waals surface area contributed by atoms with Crippen molar-refractivity contribution in [2.24, 2.45) is 0 Å². The Labute approximate surface area is 115 Å². The van der Waals surface area contributed by atoms with Crippen LogP contribution in [0.3, 0.4) is 0 Å². The number of hydrogen-bond donors (Lipinski definition) is 0. The number of aromatic nitrogens is 1. The smallest absolute Gasteiger partial charge is 0.0944 e. The largest absolute Gasteiger partial charge is 0.304 e. The quantitative estimate of drug-likeness (QED) is 0.819. The molecule has 1 aliphatic heterocycles. The Morgan fingerprint density at radius 2 is 2.06 bits per heavy atom. The van der Waals surface area contributed by atoms with Crippen molar-refractivity contribution >= 4 is 11.3 Å². The summed E-state index contributed by atoms with van der Waals surface area (Å²) in [6.45, 7) is 10.2. The Bertz CT molecular complexity index is 394. The maximum absolute atomic E-state index is 4.81. The molecule has 0 amide bonds. The molecule has 18 heavy (non-hydrogen) atoms. The van der Waals surface area contributed by atoms with Gasteiger partial charge in [0.1, 0.15) is 0 Å². The van der Waals surface area contributed by atoms with Crippen LogP contribution in [-0.4, -0.2) is 54.6 Å². The molecule has 2 heterocycles. The summed E-state index contributed by atoms with van der Waals surface area (Å²) < 4.78 is 0. The number of thiazole rings is 1. The fourth-order valence-electron chi connectivity index (χ4n) is 2.27. The van der Waals surface area contributed by atoms with Gasteiger partial charge in [-0.15, -0.1) is 11.3 Å². The molecule has 2 rings (SSSR count). The number of piperazine rings is 1. The monoisotopic (exact) mass is 267 g/mol. The molecule has 0 aliphatic carbocycles. The zero-order valence-corrected chi connectivity index (χ0v) is 13.0. The van der Waals surface area contributed by atoms with Gasteiger partial charge in [-0.1, -0.05) is 20.8 Å². The summed E-state index contributed by atoms with van der Waals surface area (Å²) >= 11 is 1.82. The van der Waals surface area contributed by atoms with E-state index in [1.165, 1.54) is 23.8 Å². The highest BCUT2D eigenvalue weighted by Crippen LogP contribution is 2.25. The first-order chi connectivity index (χ1) is 8.36. The third kappa shape index (κ3) is 3.31. The fraction of sp³-hybridized carbons (Fsp3) is 0.786. The predicted octanol–water partition coefficient (Wildman–Crippen LogP) is 2.23. The summed E-state index contributed by atoms with van der Waals surface area (Å²) in [7, 11) is 4.44. The van der Waals surface area contributed by atoms with Crippen LogP contribution in [0.2, 0.25) is 0 Å². The van der Waals surface area contributed by atoms with Gasteiger partial charge in [-0.3, -0.25) is 0 Å². The molecule has 0 saturated carbocycles. The van der Waals surface area contributed by atoms with Gasteiger partial charge >= 0.3 is 0 Å². The number of rotatable bonds is 2. The molecule has 1 fully saturated rings. The van der Waals surface area contributed by atoms with E-state index in [0.717, 1.165) is 13.0 Å². The van der Waals surface area contributed by atoms with Crippen molar-refractivity contribution in [3.8, 4) is 0 Å². The molecule has 0 spiro atoms. The van der Waals surface area contributed by atoms with Crippen LogP contribution in [0.5, 0.6) is 0 Å². The average molecular weight is 267 g/mol. The van der Waals surface area contributed by atoms with Gasteiger partial charge in [0.15, 0.2) is 0 Å². The first kappa shape index (κ1) is 14.0. The van der Waals surface area contributed by atoms with Crippen molar-refractivity contribution in [1.29, 1.82) is 0 Å². The Hall–Kier alpha value is -0.450. The van der Waals surface area contributed by atoms with Crippen molar-refractivity contribution in [2.75, 3.05) is 33.7 Å². The van der Waals surface area contributed by atoms with Crippen molar-refractivity contribution in [3.63, 3.8) is 0 Å². The molecular weight excluding hydrogens is 242 g/mol. The zero-order valence-electron chi connectivity index (χ0n) is 12.2. The van der Waals surface area contributed by atoms with Gasteiger partial charge in [-0.05, 0) is 14.1 Å². The molecule has 1 atom stereocenters. The first-order valence-corrected chi connectivity index (χ1v) is 7.58. The molecule has 1 aliphatic rings. The molecule has 3 nitrogen and oxygen atoms in total. The van der Waals surface area contributed by atoms with E-state index in [2.05, 4.69) is 50.0 Å². The van der Waals surface area contributed by atoms with E-state index in [4.69, 9.17) is 4.98 Å². The molecular formula is C14H25N3S. The second-order valence-electron chi connectivity index (χ2n) is 6.48. The lowest BCUT2D eigenvalue weighted by molar-refractivity contribution is 0.114. The standard InChI is InChI=1S/C14H25N3S/c1-14(2,3)12-10-18-13(15-12)8-11-9-16(4)6-7-17(11)5/h10-11H,6-9H2,1-5H3. The number of hydrogen-bond acceptors (Lipinski definition) is 4. The van der Waals surface area contributed by atoms with Gasteiger partial charge in [0.2, 0.25) is 0 Å². The highest BCUT2D eigenvalue weighted by Gasteiger charge is 2.24. The minimum absolute atomic E-state index is 0.171. The van der Waals surface area contributed by atoms with Crippen molar-refractivity contribution < 1.29 is 0 Å². The Balaban J connectivity index is 2.02. The third-order valence-electron chi connectivity index (χ3n) is 3.71. The van der Waals surface area contributed by atoms with E-state index < -0.39 is 0 Å². The molecule has 0 N–H and O–H groups in total. The Morgan fingerprint density at radius 1 is 1.33 bits per heavy atom. The van der Waals surface area contributed by atoms with E-state index in [9.17, 15) is 0 Å². The Morgan fingerprint density at radius 3 is 2.67 bits per heavy atom. The lowest BCUT2D eigenvalue weighted by Crippen LogP contribution is -2.50. The maximum atomic E-state index is 4.81. The zero-order chi connectivity index (χ0) is 13.3. The Kier molecular flexibility index (Phi) is 4.09. The van der Waals surface area contributed by atoms with Gasteiger partial charge in [0.25, 0.3) is 0 Å². The van der Waals surface area contributed by atoms with E-state index in [1.54, 1.807) is 0 Å². The molecule has 1 unspecified atom stereocenters. The summed E-state index contributed by atoms with van der Waals surface area (Å²) in [5, 5.41) is 3.51. The summed E-state index contributed by atoms with van der Waals surface area (Å²) in [6.07, 6.45) is 1.08. The fourth-order valence-corrected chi connectivity index (χ4v) is 3.37. The molecule has 0 aromatic carbocycles. The molecule has 0 bridgehead atoms. The van der Waals surface area contributed by atoms with Crippen LogP contribution in [0.4, 0.5) is 0 Å². The molecule has 0 radical (unpaired) electrons. The van der Waals surface area contributed by atoms with Crippen LogP contribution in [0.1, 0.15) is 31.5 Å². The maximum Gasteiger partial charge on any atom is 0.0944 e. The normalized spacial score (nSPS) is 23.5. The highest BCUT2D eigenvalue weighted by molar-refractivity contribution is 7.09. The minimum atomic E-state index is 0.171. The predicted molar refractivity (Wildman–Crippen MR) is 78.4 cm³/mol. The van der Waals surface area contributed by atoms with Crippen LogP contribution in [0.25, 0.3) is 0 Å². The van der Waals surface area contributed by atoms with Crippen LogP contribution in [0, 0.1) is 0 Å². The van der Waals surface area contributed by atoms with Crippen LogP contribution in [0.15, 0.2) is 5.38 Å². The third-order valence-corrected chi connectivity index (χ3v) is 4.58. The summed E-state index contributed by atoms with van der Waals surface area (Å²) in [5.41, 5.74) is 1.40. The molecule has 1 saturated heterocycles. The second kappa shape index (κ2) is 5.27. The SMILES string of the molecule is CN1CCN(C)C(Cc2nc(C(C)(C)C)cs2)C1. The second-order valence-corrected chi connectivity index (χ2v) is 7.42. The van der Waals surface area contributed by atoms with Crippen molar-refractivity contribution in [1.82, 2.24) is 14.8 Å². The summed E-state index contributed by atoms with van der Waals surface area (Å²) in [4.78, 5) is 9.70. The summed E-state index contributed by atoms with van der Waals surface area (Å²) in [5.74, 6) is 0. The van der Waals surface area contributed by atoms with Crippen LogP contribution < -0.4 is 0 Å². The van der Waals surface area contributed by atoms with E-state index >= 15 is 0 Å². The average Bonchev–Trinajstić information content (AvgIpc) is 2.71. The highest BCUT2D eigenvalue weighted by atomic mass is 32.1. The van der Waals surface area contributed by atoms with Crippen molar-refractivity contribution in [3.05, 3.63) is 16.1 Å². The number of nitrogens with zero attached hydrogens (tertiary/aromatic N) is 3. The minimum Gasteiger partial charge on any atom is -0.304 e. The van der Waals surface area contributed by atoms with Crippen molar-refractivity contribution in [2.45, 2.75) is 38.6 Å². The molecule has 1 aromatic heterocycles. The van der Waals surface area contributed by atoms with Crippen LogP contribution >= 0.6 is 11.3 Å². The van der Waals surface area contributed by atoms with Gasteiger partial charge in [-0.2, -0.15) is 0 Å². The van der Waals surface area contributed by atoms with Gasteiger partial charge < -0.3 is 9.80 Å². The molecule has 102 valence electrons. The van der Waals surface area contributed by atoms with Crippen LogP contribution in [-0.2, 0) is 11.8 Å². The van der Waals surface area contributed by atoms with E-state index in [0.29, 0.717) is 6.04 Å². The molecule has 4 heteroatoms. The van der Waals surface area contributed by atoms with Gasteiger partial charge in [0, 0.05) is 42.9 Å². The van der Waals surface area contributed by atoms with Gasteiger partial charge in [0.05, 0.1) is 10.7 Å². The van der Waals surface area contributed by atoms with E-state index in [1.807, 2.05) is 11.3 Å². The first-order valence-electron chi connectivity index (χ1n) is 6.70. The van der Waals surface area contributed by atoms with E-state index in [-0.39, 0.29) is 5.41 Å². The lowest BCUT2D eigenvalue weighted by atomic mass is 9.93. The van der Waals surface area contributed by atoms with Gasteiger partial charge in [-0.25, -0.2) is 4.98 Å². The number of likely N-dealkylation sites (N-methyl/N-ethyl adjacent to an activating group) is 2. The topological polar surface area (TPSA) is 19.4 Å².